The number of nitrogens with zero attached hydrogens (tertiary/aromatic N) is 1. The van der Waals surface area contributed by atoms with E-state index in [4.69, 9.17) is 11.6 Å². The van der Waals surface area contributed by atoms with Gasteiger partial charge < -0.3 is 10.2 Å². The van der Waals surface area contributed by atoms with Gasteiger partial charge in [-0.2, -0.15) is 0 Å². The van der Waals surface area contributed by atoms with Gasteiger partial charge >= 0.3 is 0 Å². The third kappa shape index (κ3) is 3.78. The number of anilines is 1. The van der Waals surface area contributed by atoms with E-state index in [0.29, 0.717) is 34.9 Å². The van der Waals surface area contributed by atoms with Gasteiger partial charge in [0.15, 0.2) is 0 Å². The predicted molar refractivity (Wildman–Crippen MR) is 111 cm³/mol. The van der Waals surface area contributed by atoms with Crippen molar-refractivity contribution in [1.29, 1.82) is 0 Å². The Morgan fingerprint density at radius 1 is 0.821 bits per heavy atom. The van der Waals surface area contributed by atoms with Gasteiger partial charge in [0.25, 0.3) is 11.8 Å². The van der Waals surface area contributed by atoms with Gasteiger partial charge in [0.05, 0.1) is 10.7 Å². The van der Waals surface area contributed by atoms with E-state index in [-0.39, 0.29) is 11.8 Å². The van der Waals surface area contributed by atoms with Crippen LogP contribution in [0.1, 0.15) is 31.8 Å². The van der Waals surface area contributed by atoms with Gasteiger partial charge in [-0.3, -0.25) is 9.59 Å². The van der Waals surface area contributed by atoms with E-state index < -0.39 is 0 Å². The van der Waals surface area contributed by atoms with Crippen LogP contribution in [0.2, 0.25) is 5.02 Å². The van der Waals surface area contributed by atoms with Gasteiger partial charge in [0, 0.05) is 24.2 Å². The zero-order chi connectivity index (χ0) is 19.5. The Bertz CT molecular complexity index is 1030. The lowest BCUT2D eigenvalue weighted by molar-refractivity contribution is 0.0734. The number of rotatable bonds is 3. The van der Waals surface area contributed by atoms with E-state index in [0.717, 1.165) is 6.42 Å². The van der Waals surface area contributed by atoms with Crippen LogP contribution in [0.3, 0.4) is 0 Å². The molecule has 1 heterocycles. The molecule has 4 nitrogen and oxygen atoms in total. The smallest absolute Gasteiger partial charge is 0.255 e. The molecule has 2 amide bonds. The topological polar surface area (TPSA) is 49.4 Å². The average molecular weight is 391 g/mol. The summed E-state index contributed by atoms with van der Waals surface area (Å²) in [5, 5.41) is 3.26. The first-order valence-electron chi connectivity index (χ1n) is 9.14. The molecule has 0 radical (unpaired) electrons. The highest BCUT2D eigenvalue weighted by Crippen LogP contribution is 2.22. The van der Waals surface area contributed by atoms with Crippen molar-refractivity contribution in [3.8, 4) is 0 Å². The van der Waals surface area contributed by atoms with E-state index in [1.165, 1.54) is 11.1 Å². The zero-order valence-corrected chi connectivity index (χ0v) is 15.9. The first-order chi connectivity index (χ1) is 13.6. The molecule has 4 rings (SSSR count). The summed E-state index contributed by atoms with van der Waals surface area (Å²) in [6, 6.07) is 22.0. The molecule has 0 fully saturated rings. The van der Waals surface area contributed by atoms with Crippen LogP contribution in [-0.4, -0.2) is 23.3 Å². The second kappa shape index (κ2) is 7.87. The molecule has 28 heavy (non-hydrogen) atoms. The second-order valence-electron chi connectivity index (χ2n) is 6.76. The molecule has 5 heteroatoms. The van der Waals surface area contributed by atoms with Crippen LogP contribution >= 0.6 is 11.6 Å². The lowest BCUT2D eigenvalue weighted by Gasteiger charge is -2.29. The van der Waals surface area contributed by atoms with Crippen LogP contribution in [0.5, 0.6) is 0 Å². The molecular weight excluding hydrogens is 372 g/mol. The Kier molecular flexibility index (Phi) is 5.13. The van der Waals surface area contributed by atoms with Crippen LogP contribution in [-0.2, 0) is 13.0 Å². The molecule has 3 aromatic rings. The number of nitrogens with one attached hydrogen (secondary N) is 1. The molecule has 1 aliphatic heterocycles. The minimum absolute atomic E-state index is 0.0208. The molecule has 140 valence electrons. The quantitative estimate of drug-likeness (QED) is 0.698. The minimum atomic E-state index is -0.265. The van der Waals surface area contributed by atoms with Crippen molar-refractivity contribution in [1.82, 2.24) is 4.90 Å². The second-order valence-corrected chi connectivity index (χ2v) is 7.16. The van der Waals surface area contributed by atoms with Gasteiger partial charge in [0.2, 0.25) is 0 Å². The van der Waals surface area contributed by atoms with Gasteiger partial charge in [-0.1, -0.05) is 48.0 Å². The third-order valence-corrected chi connectivity index (χ3v) is 5.26. The predicted octanol–water partition coefficient (Wildman–Crippen LogP) is 4.79. The molecule has 1 N–H and O–H groups in total. The summed E-state index contributed by atoms with van der Waals surface area (Å²) in [6.45, 7) is 1.31. The van der Waals surface area contributed by atoms with Crippen LogP contribution in [0.15, 0.2) is 72.8 Å². The highest BCUT2D eigenvalue weighted by Gasteiger charge is 2.21. The molecule has 0 unspecified atom stereocenters. The standard InChI is InChI=1S/C23H19ClN2O2/c24-20-7-3-4-8-21(20)25-22(27)17-9-11-18(12-10-17)23(28)26-14-13-16-5-1-2-6-19(16)15-26/h1-12H,13-15H2,(H,25,27). The van der Waals surface area contributed by atoms with Crippen molar-refractivity contribution in [2.24, 2.45) is 0 Å². The summed E-state index contributed by atoms with van der Waals surface area (Å²) in [5.41, 5.74) is 4.10. The van der Waals surface area contributed by atoms with E-state index >= 15 is 0 Å². The van der Waals surface area contributed by atoms with Gasteiger partial charge in [-0.25, -0.2) is 0 Å². The Hall–Kier alpha value is -3.11. The van der Waals surface area contributed by atoms with Crippen molar-refractivity contribution in [2.75, 3.05) is 11.9 Å². The van der Waals surface area contributed by atoms with Crippen LogP contribution in [0.25, 0.3) is 0 Å². The van der Waals surface area contributed by atoms with E-state index in [1.54, 1.807) is 48.5 Å². The summed E-state index contributed by atoms with van der Waals surface area (Å²) in [5.74, 6) is -0.286. The van der Waals surface area contributed by atoms with Crippen molar-refractivity contribution in [3.05, 3.63) is 100 Å². The zero-order valence-electron chi connectivity index (χ0n) is 15.2. The Morgan fingerprint density at radius 3 is 2.21 bits per heavy atom. The molecule has 3 aromatic carbocycles. The average Bonchev–Trinajstić information content (AvgIpc) is 2.74. The molecule has 0 spiro atoms. The lowest BCUT2D eigenvalue weighted by atomic mass is 9.99. The fourth-order valence-corrected chi connectivity index (χ4v) is 3.56. The van der Waals surface area contributed by atoms with Crippen LogP contribution < -0.4 is 5.32 Å². The number of halogens is 1. The lowest BCUT2D eigenvalue weighted by Crippen LogP contribution is -2.35. The van der Waals surface area contributed by atoms with Crippen molar-refractivity contribution in [3.63, 3.8) is 0 Å². The summed E-state index contributed by atoms with van der Waals surface area (Å²) < 4.78 is 0. The number of carbonyl (C=O) groups excluding carboxylic acids is 2. The van der Waals surface area contributed by atoms with Crippen molar-refractivity contribution >= 4 is 29.1 Å². The number of amides is 2. The van der Waals surface area contributed by atoms with Crippen LogP contribution in [0.4, 0.5) is 5.69 Å². The molecule has 0 saturated carbocycles. The summed E-state index contributed by atoms with van der Waals surface area (Å²) in [4.78, 5) is 27.1. The normalized spacial score (nSPS) is 13.0. The number of benzene rings is 3. The molecule has 0 saturated heterocycles. The summed E-state index contributed by atoms with van der Waals surface area (Å²) >= 11 is 6.08. The van der Waals surface area contributed by atoms with Gasteiger partial charge in [-0.15, -0.1) is 0 Å². The molecule has 0 aliphatic carbocycles. The number of fused-ring (bicyclic) bond motifs is 1. The number of hydrogen-bond donors (Lipinski definition) is 1. The first-order valence-corrected chi connectivity index (χ1v) is 9.51. The summed E-state index contributed by atoms with van der Waals surface area (Å²) in [6.07, 6.45) is 0.861. The SMILES string of the molecule is O=C(Nc1ccccc1Cl)c1ccc(C(=O)N2CCc3ccccc3C2)cc1. The highest BCUT2D eigenvalue weighted by atomic mass is 35.5. The maximum atomic E-state index is 12.8. The molecule has 1 aliphatic rings. The van der Waals surface area contributed by atoms with Crippen molar-refractivity contribution < 1.29 is 9.59 Å². The van der Waals surface area contributed by atoms with Crippen molar-refractivity contribution in [2.45, 2.75) is 13.0 Å². The molecular formula is C23H19ClN2O2. The number of hydrogen-bond acceptors (Lipinski definition) is 2. The first kappa shape index (κ1) is 18.3. The highest BCUT2D eigenvalue weighted by molar-refractivity contribution is 6.33. The fraction of sp³-hybridized carbons (Fsp3) is 0.130. The maximum Gasteiger partial charge on any atom is 0.255 e. The van der Waals surface area contributed by atoms with Gasteiger partial charge in [0.1, 0.15) is 0 Å². The number of para-hydroxylation sites is 1. The van der Waals surface area contributed by atoms with E-state index in [9.17, 15) is 9.59 Å². The Labute approximate surface area is 168 Å². The molecule has 0 bridgehead atoms. The van der Waals surface area contributed by atoms with E-state index in [1.807, 2.05) is 17.0 Å². The van der Waals surface area contributed by atoms with Gasteiger partial charge in [-0.05, 0) is 53.9 Å². The minimum Gasteiger partial charge on any atom is -0.334 e. The Balaban J connectivity index is 1.45. The fourth-order valence-electron chi connectivity index (χ4n) is 3.37. The van der Waals surface area contributed by atoms with E-state index in [2.05, 4.69) is 17.4 Å². The maximum absolute atomic E-state index is 12.8. The monoisotopic (exact) mass is 390 g/mol. The molecule has 0 aromatic heterocycles. The largest absolute Gasteiger partial charge is 0.334 e. The van der Waals surface area contributed by atoms with Crippen LogP contribution in [0, 0.1) is 0 Å². The molecule has 0 atom stereocenters. The Morgan fingerprint density at radius 2 is 1.46 bits per heavy atom. The summed E-state index contributed by atoms with van der Waals surface area (Å²) in [7, 11) is 0. The third-order valence-electron chi connectivity index (χ3n) is 4.93. The number of carbonyl (C=O) groups is 2.